The molecule has 0 fully saturated rings. The summed E-state index contributed by atoms with van der Waals surface area (Å²) >= 11 is 0. The van der Waals surface area contributed by atoms with Crippen molar-refractivity contribution < 1.29 is 29.0 Å². The van der Waals surface area contributed by atoms with Crippen molar-refractivity contribution in [3.8, 4) is 5.75 Å². The van der Waals surface area contributed by atoms with Crippen molar-refractivity contribution in [3.05, 3.63) is 59.2 Å². The molecule has 0 radical (unpaired) electrons. The van der Waals surface area contributed by atoms with E-state index in [2.05, 4.69) is 10.6 Å². The van der Waals surface area contributed by atoms with E-state index in [0.717, 1.165) is 12.0 Å². The van der Waals surface area contributed by atoms with Gasteiger partial charge in [-0.3, -0.25) is 14.4 Å². The fourth-order valence-electron chi connectivity index (χ4n) is 4.12. The number of nitrogens with one attached hydrogen (secondary N) is 2. The summed E-state index contributed by atoms with van der Waals surface area (Å²) < 4.78 is 5.36. The molecule has 4 amide bonds. The van der Waals surface area contributed by atoms with E-state index in [0.29, 0.717) is 23.2 Å². The Hall–Kier alpha value is -4.08. The van der Waals surface area contributed by atoms with Gasteiger partial charge in [0.25, 0.3) is 5.91 Å². The monoisotopic (exact) mass is 554 g/mol. The Morgan fingerprint density at radius 3 is 2.30 bits per heavy atom. The summed E-state index contributed by atoms with van der Waals surface area (Å²) in [5, 5.41) is 15.7. The van der Waals surface area contributed by atoms with Gasteiger partial charge >= 0.3 is 6.09 Å². The number of amides is 4. The van der Waals surface area contributed by atoms with E-state index in [9.17, 15) is 24.3 Å². The molecule has 2 unspecified atom stereocenters. The summed E-state index contributed by atoms with van der Waals surface area (Å²) in [6.07, 6.45) is 0.248. The summed E-state index contributed by atoms with van der Waals surface area (Å²) in [6, 6.07) is 9.73. The van der Waals surface area contributed by atoms with Crippen LogP contribution in [0.4, 0.5) is 10.5 Å². The molecule has 2 atom stereocenters. The number of aromatic hydroxyl groups is 1. The van der Waals surface area contributed by atoms with Gasteiger partial charge in [-0.1, -0.05) is 37.6 Å². The van der Waals surface area contributed by atoms with Crippen molar-refractivity contribution in [1.82, 2.24) is 10.2 Å². The lowest BCUT2D eigenvalue weighted by Gasteiger charge is -2.34. The zero-order chi connectivity index (χ0) is 30.0. The van der Waals surface area contributed by atoms with Crippen molar-refractivity contribution in [3.63, 3.8) is 0 Å². The predicted octanol–water partition coefficient (Wildman–Crippen LogP) is 4.48. The maximum Gasteiger partial charge on any atom is 0.408 e. The standard InChI is InChI=1S/C30H42N4O6/c1-7-8-17-34(28(38)23(14-16-25(31)36)33-29(39)40-30(4,5)6)26(21-13-15-24(35)20(3)18-21)27(37)32-22-12-10-9-11-19(22)2/h9-13,15,18,23,26,35H,7-8,14,16-17H2,1-6H3,(H2,31,36)(H,32,37)(H,33,39). The van der Waals surface area contributed by atoms with Crippen molar-refractivity contribution in [2.75, 3.05) is 11.9 Å². The van der Waals surface area contributed by atoms with Gasteiger partial charge in [0.1, 0.15) is 23.4 Å². The summed E-state index contributed by atoms with van der Waals surface area (Å²) in [4.78, 5) is 53.7. The molecule has 2 aromatic carbocycles. The summed E-state index contributed by atoms with van der Waals surface area (Å²) in [6.45, 7) is 10.8. The van der Waals surface area contributed by atoms with Gasteiger partial charge in [0, 0.05) is 18.7 Å². The number of nitrogens with two attached hydrogens (primary N) is 1. The molecule has 10 heteroatoms. The molecular formula is C30H42N4O6. The maximum absolute atomic E-state index is 14.1. The lowest BCUT2D eigenvalue weighted by Crippen LogP contribution is -2.52. The number of carbonyl (C=O) groups is 4. The fraction of sp³-hybridized carbons (Fsp3) is 0.467. The molecule has 218 valence electrons. The van der Waals surface area contributed by atoms with Gasteiger partial charge in [0.05, 0.1) is 0 Å². The molecule has 10 nitrogen and oxygen atoms in total. The third-order valence-corrected chi connectivity index (χ3v) is 6.20. The van der Waals surface area contributed by atoms with Gasteiger partial charge in [-0.05, 0) is 82.3 Å². The van der Waals surface area contributed by atoms with Gasteiger partial charge in [-0.25, -0.2) is 4.79 Å². The number of phenols is 1. The molecular weight excluding hydrogens is 512 g/mol. The first-order chi connectivity index (χ1) is 18.7. The fourth-order valence-corrected chi connectivity index (χ4v) is 4.12. The Balaban J connectivity index is 2.58. The second-order valence-corrected chi connectivity index (χ2v) is 10.8. The van der Waals surface area contributed by atoms with Gasteiger partial charge in [0.2, 0.25) is 11.8 Å². The van der Waals surface area contributed by atoms with E-state index in [1.807, 2.05) is 26.0 Å². The summed E-state index contributed by atoms with van der Waals surface area (Å²) in [5.74, 6) is -1.60. The number of primary amides is 1. The molecule has 5 N–H and O–H groups in total. The van der Waals surface area contributed by atoms with Crippen molar-refractivity contribution in [2.24, 2.45) is 5.73 Å². The molecule has 0 aliphatic rings. The number of carbonyl (C=O) groups excluding carboxylic acids is 4. The van der Waals surface area contributed by atoms with Gasteiger partial charge in [-0.15, -0.1) is 0 Å². The van der Waals surface area contributed by atoms with Crippen LogP contribution >= 0.6 is 0 Å². The van der Waals surface area contributed by atoms with Crippen molar-refractivity contribution in [2.45, 2.75) is 84.9 Å². The molecule has 0 aliphatic heterocycles. The van der Waals surface area contributed by atoms with Gasteiger partial charge < -0.3 is 31.1 Å². The number of rotatable bonds is 12. The Labute approximate surface area is 236 Å². The number of aryl methyl sites for hydroxylation is 2. The highest BCUT2D eigenvalue weighted by molar-refractivity contribution is 5.99. The number of nitrogens with zero attached hydrogens (tertiary/aromatic N) is 1. The number of phenolic OH excluding ortho intramolecular Hbond substituents is 1. The minimum absolute atomic E-state index is 0.0548. The van der Waals surface area contributed by atoms with Crippen LogP contribution in [0.1, 0.15) is 76.1 Å². The highest BCUT2D eigenvalue weighted by Crippen LogP contribution is 2.29. The zero-order valence-corrected chi connectivity index (χ0v) is 24.2. The number of anilines is 1. The first kappa shape index (κ1) is 32.1. The first-order valence-corrected chi connectivity index (χ1v) is 13.5. The van der Waals surface area contributed by atoms with Crippen LogP contribution in [0.25, 0.3) is 0 Å². The van der Waals surface area contributed by atoms with Crippen LogP contribution in [-0.4, -0.2) is 52.0 Å². The Morgan fingerprint density at radius 2 is 1.73 bits per heavy atom. The number of hydrogen-bond acceptors (Lipinski definition) is 6. The summed E-state index contributed by atoms with van der Waals surface area (Å²) in [5.41, 5.74) is 7.00. The van der Waals surface area contributed by atoms with Gasteiger partial charge in [-0.2, -0.15) is 0 Å². The summed E-state index contributed by atoms with van der Waals surface area (Å²) in [7, 11) is 0. The van der Waals surface area contributed by atoms with E-state index in [-0.39, 0.29) is 25.1 Å². The minimum Gasteiger partial charge on any atom is -0.508 e. The molecule has 40 heavy (non-hydrogen) atoms. The Morgan fingerprint density at radius 1 is 1.05 bits per heavy atom. The number of ether oxygens (including phenoxy) is 1. The van der Waals surface area contributed by atoms with Crippen LogP contribution in [0.3, 0.4) is 0 Å². The molecule has 0 spiro atoms. The number of hydrogen-bond donors (Lipinski definition) is 4. The lowest BCUT2D eigenvalue weighted by molar-refractivity contribution is -0.141. The Bertz CT molecular complexity index is 1210. The zero-order valence-electron chi connectivity index (χ0n) is 24.2. The number of alkyl carbamates (subject to hydrolysis) is 1. The van der Waals surface area contributed by atoms with Crippen molar-refractivity contribution >= 4 is 29.5 Å². The topological polar surface area (TPSA) is 151 Å². The van der Waals surface area contributed by atoms with Crippen LogP contribution in [0.2, 0.25) is 0 Å². The SMILES string of the molecule is CCCCN(C(=O)C(CCC(N)=O)NC(=O)OC(C)(C)C)C(C(=O)Nc1ccccc1C)c1ccc(O)c(C)c1. The number of unbranched alkanes of at least 4 members (excludes halogenated alkanes) is 1. The predicted molar refractivity (Wildman–Crippen MR) is 154 cm³/mol. The van der Waals surface area contributed by atoms with Crippen LogP contribution in [-0.2, 0) is 19.1 Å². The van der Waals surface area contributed by atoms with Crippen LogP contribution < -0.4 is 16.4 Å². The van der Waals surface area contributed by atoms with E-state index < -0.39 is 41.5 Å². The van der Waals surface area contributed by atoms with Crippen LogP contribution in [0, 0.1) is 13.8 Å². The average molecular weight is 555 g/mol. The second kappa shape index (κ2) is 14.3. The van der Waals surface area contributed by atoms with Crippen LogP contribution in [0.15, 0.2) is 42.5 Å². The highest BCUT2D eigenvalue weighted by Gasteiger charge is 2.36. The van der Waals surface area contributed by atoms with E-state index in [1.165, 1.54) is 11.0 Å². The van der Waals surface area contributed by atoms with E-state index >= 15 is 0 Å². The molecule has 2 aromatic rings. The molecule has 2 rings (SSSR count). The second-order valence-electron chi connectivity index (χ2n) is 10.8. The lowest BCUT2D eigenvalue weighted by atomic mass is 9.99. The highest BCUT2D eigenvalue weighted by atomic mass is 16.6. The number of benzene rings is 2. The van der Waals surface area contributed by atoms with Crippen molar-refractivity contribution in [1.29, 1.82) is 0 Å². The molecule has 0 aliphatic carbocycles. The third kappa shape index (κ3) is 9.59. The average Bonchev–Trinajstić information content (AvgIpc) is 2.86. The molecule has 0 aromatic heterocycles. The molecule has 0 heterocycles. The normalized spacial score (nSPS) is 12.7. The molecule has 0 bridgehead atoms. The van der Waals surface area contributed by atoms with Gasteiger partial charge in [0.15, 0.2) is 0 Å². The first-order valence-electron chi connectivity index (χ1n) is 13.5. The number of para-hydroxylation sites is 1. The molecule has 0 saturated heterocycles. The maximum atomic E-state index is 14.1. The smallest absolute Gasteiger partial charge is 0.408 e. The Kier molecular flexibility index (Phi) is 11.5. The minimum atomic E-state index is -1.17. The third-order valence-electron chi connectivity index (χ3n) is 6.20. The van der Waals surface area contributed by atoms with Crippen LogP contribution in [0.5, 0.6) is 5.75 Å². The quantitative estimate of drug-likeness (QED) is 0.304. The largest absolute Gasteiger partial charge is 0.508 e. The van der Waals surface area contributed by atoms with E-state index in [4.69, 9.17) is 10.5 Å². The van der Waals surface area contributed by atoms with E-state index in [1.54, 1.807) is 52.0 Å². The molecule has 0 saturated carbocycles.